The average Bonchev–Trinajstić information content (AvgIpc) is 2.61. The maximum absolute atomic E-state index is 10.3. The summed E-state index contributed by atoms with van der Waals surface area (Å²) < 4.78 is 5.16. The summed E-state index contributed by atoms with van der Waals surface area (Å²) in [5, 5.41) is 9.41. The van der Waals surface area contributed by atoms with E-state index in [1.165, 1.54) is 0 Å². The highest BCUT2D eigenvalue weighted by molar-refractivity contribution is 5.87. The van der Waals surface area contributed by atoms with Crippen molar-refractivity contribution in [2.45, 2.75) is 0 Å². The Morgan fingerprint density at radius 3 is 3.00 bits per heavy atom. The molecule has 0 fully saturated rings. The van der Waals surface area contributed by atoms with Gasteiger partial charge in [0.15, 0.2) is 0 Å². The van der Waals surface area contributed by atoms with Gasteiger partial charge in [0.05, 0.1) is 6.26 Å². The Bertz CT molecular complexity index is 494. The van der Waals surface area contributed by atoms with Crippen LogP contribution < -0.4 is 0 Å². The van der Waals surface area contributed by atoms with Crippen LogP contribution in [0.2, 0.25) is 0 Å². The van der Waals surface area contributed by atoms with E-state index in [-0.39, 0.29) is 0 Å². The summed E-state index contributed by atoms with van der Waals surface area (Å²) in [6.45, 7) is 0. The van der Waals surface area contributed by atoms with Crippen molar-refractivity contribution in [2.24, 2.45) is 0 Å². The molecule has 14 heavy (non-hydrogen) atoms. The number of benzene rings is 1. The van der Waals surface area contributed by atoms with Crippen LogP contribution in [-0.4, -0.2) is 11.1 Å². The van der Waals surface area contributed by atoms with Gasteiger partial charge in [0.1, 0.15) is 5.58 Å². The highest BCUT2D eigenvalue weighted by atomic mass is 16.4. The summed E-state index contributed by atoms with van der Waals surface area (Å²) >= 11 is 0. The maximum atomic E-state index is 10.3. The Hall–Kier alpha value is -2.03. The van der Waals surface area contributed by atoms with Gasteiger partial charge in [-0.15, -0.1) is 0 Å². The van der Waals surface area contributed by atoms with E-state index in [9.17, 15) is 4.79 Å². The molecule has 1 aromatic carbocycles. The van der Waals surface area contributed by atoms with E-state index < -0.39 is 5.97 Å². The van der Waals surface area contributed by atoms with Crippen molar-refractivity contribution in [3.63, 3.8) is 0 Å². The molecule has 0 aliphatic carbocycles. The molecule has 0 amide bonds. The Balaban J connectivity index is 2.39. The molecule has 3 heteroatoms. The van der Waals surface area contributed by atoms with E-state index in [1.54, 1.807) is 12.3 Å². The van der Waals surface area contributed by atoms with Gasteiger partial charge in [-0.25, -0.2) is 4.79 Å². The van der Waals surface area contributed by atoms with Crippen LogP contribution in [0.5, 0.6) is 0 Å². The number of carboxylic acid groups (broad SMARTS) is 1. The molecule has 0 aliphatic rings. The van der Waals surface area contributed by atoms with E-state index in [1.807, 2.05) is 24.3 Å². The van der Waals surface area contributed by atoms with Crippen molar-refractivity contribution in [1.29, 1.82) is 0 Å². The Labute approximate surface area is 80.3 Å². The number of furan rings is 1. The maximum Gasteiger partial charge on any atom is 0.328 e. The minimum atomic E-state index is -0.947. The second-order valence-corrected chi connectivity index (χ2v) is 2.89. The molecule has 1 aromatic heterocycles. The lowest BCUT2D eigenvalue weighted by molar-refractivity contribution is -0.131. The molecule has 0 radical (unpaired) electrons. The lowest BCUT2D eigenvalue weighted by Crippen LogP contribution is -1.85. The first-order valence-electron chi connectivity index (χ1n) is 4.14. The first kappa shape index (κ1) is 8.56. The van der Waals surface area contributed by atoms with Gasteiger partial charge < -0.3 is 9.52 Å². The van der Waals surface area contributed by atoms with Gasteiger partial charge in [-0.1, -0.05) is 6.07 Å². The zero-order valence-electron chi connectivity index (χ0n) is 7.31. The minimum Gasteiger partial charge on any atom is -0.478 e. The second-order valence-electron chi connectivity index (χ2n) is 2.89. The van der Waals surface area contributed by atoms with E-state index in [2.05, 4.69) is 0 Å². The van der Waals surface area contributed by atoms with E-state index in [0.717, 1.165) is 22.6 Å². The topological polar surface area (TPSA) is 50.4 Å². The van der Waals surface area contributed by atoms with Crippen LogP contribution >= 0.6 is 0 Å². The fourth-order valence-electron chi connectivity index (χ4n) is 1.26. The number of hydrogen-bond acceptors (Lipinski definition) is 2. The third kappa shape index (κ3) is 1.66. The molecule has 0 bridgehead atoms. The van der Waals surface area contributed by atoms with E-state index in [0.29, 0.717) is 0 Å². The summed E-state index contributed by atoms with van der Waals surface area (Å²) in [6, 6.07) is 7.34. The third-order valence-electron chi connectivity index (χ3n) is 1.89. The Kier molecular flexibility index (Phi) is 2.07. The summed E-state index contributed by atoms with van der Waals surface area (Å²) in [4.78, 5) is 10.3. The fraction of sp³-hybridized carbons (Fsp3) is 0. The molecule has 0 spiro atoms. The number of aliphatic carboxylic acids is 1. The van der Waals surface area contributed by atoms with Crippen molar-refractivity contribution < 1.29 is 14.3 Å². The lowest BCUT2D eigenvalue weighted by Gasteiger charge is -1.92. The van der Waals surface area contributed by atoms with Crippen LogP contribution in [0.4, 0.5) is 0 Å². The molecule has 1 N–H and O–H groups in total. The van der Waals surface area contributed by atoms with Gasteiger partial charge >= 0.3 is 5.97 Å². The van der Waals surface area contributed by atoms with Crippen LogP contribution in [-0.2, 0) is 4.79 Å². The third-order valence-corrected chi connectivity index (χ3v) is 1.89. The monoisotopic (exact) mass is 188 g/mol. The van der Waals surface area contributed by atoms with Crippen molar-refractivity contribution in [2.75, 3.05) is 0 Å². The number of rotatable bonds is 2. The summed E-state index contributed by atoms with van der Waals surface area (Å²) in [6.07, 6.45) is 4.27. The molecule has 2 aromatic rings. The quantitative estimate of drug-likeness (QED) is 0.736. The standard InChI is InChI=1S/C11H8O3/c12-11(13)4-2-8-1-3-10-9(7-8)5-6-14-10/h1-7H,(H,12,13)/b4-2+. The summed E-state index contributed by atoms with van der Waals surface area (Å²) in [5.41, 5.74) is 1.65. The number of carbonyl (C=O) groups is 1. The van der Waals surface area contributed by atoms with Crippen LogP contribution in [0.3, 0.4) is 0 Å². The van der Waals surface area contributed by atoms with Crippen molar-refractivity contribution >= 4 is 23.0 Å². The number of hydrogen-bond donors (Lipinski definition) is 1. The smallest absolute Gasteiger partial charge is 0.328 e. The molecule has 0 saturated heterocycles. The van der Waals surface area contributed by atoms with Crippen LogP contribution in [0.1, 0.15) is 5.56 Å². The lowest BCUT2D eigenvalue weighted by atomic mass is 10.1. The Morgan fingerprint density at radius 1 is 1.36 bits per heavy atom. The van der Waals surface area contributed by atoms with Crippen LogP contribution in [0.25, 0.3) is 17.0 Å². The zero-order valence-corrected chi connectivity index (χ0v) is 7.31. The molecule has 0 aliphatic heterocycles. The molecular weight excluding hydrogens is 180 g/mol. The SMILES string of the molecule is O=C(O)/C=C/c1ccc2occc2c1. The molecule has 0 unspecified atom stereocenters. The predicted octanol–water partition coefficient (Wildman–Crippen LogP) is 2.53. The Morgan fingerprint density at radius 2 is 2.21 bits per heavy atom. The molecule has 1 heterocycles. The summed E-state index contributed by atoms with van der Waals surface area (Å²) in [7, 11) is 0. The number of carboxylic acids is 1. The number of fused-ring (bicyclic) bond motifs is 1. The highest BCUT2D eigenvalue weighted by Gasteiger charge is 1.96. The predicted molar refractivity (Wildman–Crippen MR) is 52.9 cm³/mol. The van der Waals surface area contributed by atoms with Gasteiger partial charge in [0, 0.05) is 11.5 Å². The molecule has 2 rings (SSSR count). The highest BCUT2D eigenvalue weighted by Crippen LogP contribution is 2.17. The fourth-order valence-corrected chi connectivity index (χ4v) is 1.26. The van der Waals surface area contributed by atoms with Crippen LogP contribution in [0.15, 0.2) is 41.0 Å². The van der Waals surface area contributed by atoms with Crippen molar-refractivity contribution in [3.05, 3.63) is 42.2 Å². The normalized spacial score (nSPS) is 11.1. The molecule has 0 atom stereocenters. The minimum absolute atomic E-state index is 0.803. The van der Waals surface area contributed by atoms with E-state index >= 15 is 0 Å². The van der Waals surface area contributed by atoms with Crippen molar-refractivity contribution in [3.8, 4) is 0 Å². The first-order valence-corrected chi connectivity index (χ1v) is 4.14. The summed E-state index contributed by atoms with van der Waals surface area (Å²) in [5.74, 6) is -0.947. The molecule has 3 nitrogen and oxygen atoms in total. The van der Waals surface area contributed by atoms with Gasteiger partial charge in [0.25, 0.3) is 0 Å². The second kappa shape index (κ2) is 3.38. The largest absolute Gasteiger partial charge is 0.478 e. The van der Waals surface area contributed by atoms with Gasteiger partial charge in [-0.2, -0.15) is 0 Å². The van der Waals surface area contributed by atoms with Gasteiger partial charge in [0.2, 0.25) is 0 Å². The molecular formula is C11H8O3. The van der Waals surface area contributed by atoms with Gasteiger partial charge in [-0.3, -0.25) is 0 Å². The van der Waals surface area contributed by atoms with E-state index in [4.69, 9.17) is 9.52 Å². The van der Waals surface area contributed by atoms with Crippen molar-refractivity contribution in [1.82, 2.24) is 0 Å². The average molecular weight is 188 g/mol. The molecule has 70 valence electrons. The van der Waals surface area contributed by atoms with Gasteiger partial charge in [-0.05, 0) is 29.8 Å². The zero-order chi connectivity index (χ0) is 9.97. The molecule has 0 saturated carbocycles. The van der Waals surface area contributed by atoms with Crippen LogP contribution in [0, 0.1) is 0 Å². The first-order chi connectivity index (χ1) is 6.75.